The highest BCUT2D eigenvalue weighted by Crippen LogP contribution is 2.36. The van der Waals surface area contributed by atoms with Crippen molar-refractivity contribution in [3.05, 3.63) is 56.0 Å². The number of ether oxygens (including phenoxy) is 2. The number of thioether (sulfide) groups is 1. The van der Waals surface area contributed by atoms with Gasteiger partial charge in [0.1, 0.15) is 4.32 Å². The van der Waals surface area contributed by atoms with Gasteiger partial charge in [0.15, 0.2) is 18.1 Å². The molecule has 9 heteroatoms. The van der Waals surface area contributed by atoms with Crippen LogP contribution in [0, 0.1) is 3.57 Å². The van der Waals surface area contributed by atoms with Gasteiger partial charge in [0.25, 0.3) is 11.8 Å². The molecular weight excluding hydrogens is 535 g/mol. The molecule has 30 heavy (non-hydrogen) atoms. The summed E-state index contributed by atoms with van der Waals surface area (Å²) >= 11 is 8.33. The van der Waals surface area contributed by atoms with Crippen molar-refractivity contribution >= 4 is 74.5 Å². The third kappa shape index (κ3) is 5.73. The minimum absolute atomic E-state index is 0.158. The van der Waals surface area contributed by atoms with E-state index in [4.69, 9.17) is 21.7 Å². The second-order valence-corrected chi connectivity index (χ2v) is 9.15. The molecule has 0 radical (unpaired) electrons. The molecule has 2 aromatic rings. The standard InChI is InChI=1S/C21H19IN2O4S2/c1-3-12-4-6-14(7-5-12)23-18(25)11-28-19-15(22)8-13(9-16(19)27-2)10-17-20(26)24-21(29)30-17/h4-10H,3,11H2,1-2H3,(H,23,25)(H,24,26,29)/b17-10-. The maximum absolute atomic E-state index is 12.3. The molecule has 0 saturated carbocycles. The van der Waals surface area contributed by atoms with E-state index in [1.54, 1.807) is 12.1 Å². The number of carbonyl (C=O) groups excluding carboxylic acids is 2. The number of amides is 2. The Hall–Kier alpha value is -2.11. The maximum atomic E-state index is 12.3. The molecule has 156 valence electrons. The normalized spacial score (nSPS) is 14.6. The summed E-state index contributed by atoms with van der Waals surface area (Å²) in [6.45, 7) is 1.92. The molecule has 6 nitrogen and oxygen atoms in total. The second-order valence-electron chi connectivity index (χ2n) is 6.27. The Kier molecular flexibility index (Phi) is 7.73. The molecule has 0 bridgehead atoms. The molecule has 1 heterocycles. The van der Waals surface area contributed by atoms with Crippen molar-refractivity contribution in [2.75, 3.05) is 19.0 Å². The zero-order chi connectivity index (χ0) is 21.7. The van der Waals surface area contributed by atoms with Gasteiger partial charge in [0, 0.05) is 5.69 Å². The highest BCUT2D eigenvalue weighted by molar-refractivity contribution is 14.1. The van der Waals surface area contributed by atoms with Crippen molar-refractivity contribution in [1.29, 1.82) is 0 Å². The van der Waals surface area contributed by atoms with Crippen LogP contribution in [-0.2, 0) is 16.0 Å². The summed E-state index contributed by atoms with van der Waals surface area (Å²) in [7, 11) is 1.52. The molecule has 1 aliphatic rings. The largest absolute Gasteiger partial charge is 0.493 e. The van der Waals surface area contributed by atoms with Gasteiger partial charge in [-0.2, -0.15) is 0 Å². The lowest BCUT2D eigenvalue weighted by Gasteiger charge is -2.14. The quantitative estimate of drug-likeness (QED) is 0.301. The van der Waals surface area contributed by atoms with E-state index in [2.05, 4.69) is 40.1 Å². The predicted octanol–water partition coefficient (Wildman–Crippen LogP) is 4.37. The molecule has 0 spiro atoms. The molecule has 1 fully saturated rings. The molecule has 2 N–H and O–H groups in total. The van der Waals surface area contributed by atoms with E-state index in [1.165, 1.54) is 24.4 Å². The number of hydrogen-bond acceptors (Lipinski definition) is 6. The van der Waals surface area contributed by atoms with E-state index in [-0.39, 0.29) is 18.4 Å². The van der Waals surface area contributed by atoms with Crippen molar-refractivity contribution in [2.24, 2.45) is 0 Å². The van der Waals surface area contributed by atoms with Crippen LogP contribution in [0.3, 0.4) is 0 Å². The van der Waals surface area contributed by atoms with Gasteiger partial charge in [0.05, 0.1) is 15.6 Å². The lowest BCUT2D eigenvalue weighted by atomic mass is 10.1. The number of carbonyl (C=O) groups is 2. The molecular formula is C21H19IN2O4S2. The van der Waals surface area contributed by atoms with Crippen molar-refractivity contribution in [3.63, 3.8) is 0 Å². The molecule has 0 unspecified atom stereocenters. The Morgan fingerprint density at radius 2 is 2.03 bits per heavy atom. The smallest absolute Gasteiger partial charge is 0.263 e. The number of nitrogens with one attached hydrogen (secondary N) is 2. The first-order chi connectivity index (χ1) is 14.4. The van der Waals surface area contributed by atoms with Crippen LogP contribution in [0.25, 0.3) is 6.08 Å². The van der Waals surface area contributed by atoms with E-state index in [1.807, 2.05) is 30.3 Å². The fourth-order valence-corrected chi connectivity index (χ4v) is 4.52. The highest BCUT2D eigenvalue weighted by atomic mass is 127. The Morgan fingerprint density at radius 3 is 2.63 bits per heavy atom. The first kappa shape index (κ1) is 22.6. The number of halogens is 1. The van der Waals surface area contributed by atoms with Gasteiger partial charge in [-0.05, 0) is 70.5 Å². The molecule has 0 atom stereocenters. The van der Waals surface area contributed by atoms with E-state index in [0.717, 1.165) is 21.2 Å². The fourth-order valence-electron chi connectivity index (χ4n) is 2.69. The van der Waals surface area contributed by atoms with E-state index < -0.39 is 0 Å². The number of benzene rings is 2. The molecule has 1 aliphatic heterocycles. The third-order valence-corrected chi connectivity index (χ3v) is 6.15. The van der Waals surface area contributed by atoms with Gasteiger partial charge in [-0.3, -0.25) is 9.59 Å². The number of anilines is 1. The van der Waals surface area contributed by atoms with Gasteiger partial charge in [-0.25, -0.2) is 0 Å². The number of rotatable bonds is 7. The second kappa shape index (κ2) is 10.3. The zero-order valence-electron chi connectivity index (χ0n) is 16.3. The van der Waals surface area contributed by atoms with Gasteiger partial charge in [-0.1, -0.05) is 43.0 Å². The van der Waals surface area contributed by atoms with Gasteiger partial charge >= 0.3 is 0 Å². The zero-order valence-corrected chi connectivity index (χ0v) is 20.1. The van der Waals surface area contributed by atoms with Crippen LogP contribution in [0.15, 0.2) is 41.3 Å². The van der Waals surface area contributed by atoms with E-state index >= 15 is 0 Å². The van der Waals surface area contributed by atoms with Gasteiger partial charge in [-0.15, -0.1) is 0 Å². The number of aryl methyl sites for hydroxylation is 1. The van der Waals surface area contributed by atoms with Crippen LogP contribution < -0.4 is 20.1 Å². The summed E-state index contributed by atoms with van der Waals surface area (Å²) in [5, 5.41) is 5.40. The van der Waals surface area contributed by atoms with Crippen molar-refractivity contribution in [2.45, 2.75) is 13.3 Å². The minimum Gasteiger partial charge on any atom is -0.493 e. The molecule has 2 aromatic carbocycles. The highest BCUT2D eigenvalue weighted by Gasteiger charge is 2.22. The molecule has 2 amide bonds. The Bertz CT molecular complexity index is 1020. The summed E-state index contributed by atoms with van der Waals surface area (Å²) in [6.07, 6.45) is 2.68. The van der Waals surface area contributed by atoms with Crippen LogP contribution in [-0.4, -0.2) is 29.9 Å². The monoisotopic (exact) mass is 554 g/mol. The average molecular weight is 554 g/mol. The van der Waals surface area contributed by atoms with E-state index in [9.17, 15) is 9.59 Å². The third-order valence-electron chi connectivity index (χ3n) is 4.19. The lowest BCUT2D eigenvalue weighted by Crippen LogP contribution is -2.20. The van der Waals surface area contributed by atoms with Crippen molar-refractivity contribution in [1.82, 2.24) is 5.32 Å². The van der Waals surface area contributed by atoms with Gasteiger partial charge in [0.2, 0.25) is 0 Å². The van der Waals surface area contributed by atoms with Crippen molar-refractivity contribution in [3.8, 4) is 11.5 Å². The SMILES string of the molecule is CCc1ccc(NC(=O)COc2c(I)cc(/C=C3\SC(=S)NC3=O)cc2OC)cc1. The number of methoxy groups -OCH3 is 1. The van der Waals surface area contributed by atoms with Crippen LogP contribution >= 0.6 is 46.6 Å². The fraction of sp³-hybridized carbons (Fsp3) is 0.190. The minimum atomic E-state index is -0.268. The molecule has 0 aromatic heterocycles. The van der Waals surface area contributed by atoms with Crippen molar-refractivity contribution < 1.29 is 19.1 Å². The summed E-state index contributed by atoms with van der Waals surface area (Å²) in [6, 6.07) is 11.3. The van der Waals surface area contributed by atoms with Crippen LogP contribution in [0.4, 0.5) is 5.69 Å². The summed E-state index contributed by atoms with van der Waals surface area (Å²) in [5.41, 5.74) is 2.69. The van der Waals surface area contributed by atoms with Gasteiger partial charge < -0.3 is 20.1 Å². The summed E-state index contributed by atoms with van der Waals surface area (Å²) in [4.78, 5) is 24.6. The number of thiocarbonyl (C=S) groups is 1. The van der Waals surface area contributed by atoms with Crippen LogP contribution in [0.5, 0.6) is 11.5 Å². The first-order valence-electron chi connectivity index (χ1n) is 9.03. The molecule has 1 saturated heterocycles. The van der Waals surface area contributed by atoms with Crippen LogP contribution in [0.2, 0.25) is 0 Å². The molecule has 0 aliphatic carbocycles. The predicted molar refractivity (Wildman–Crippen MR) is 132 cm³/mol. The maximum Gasteiger partial charge on any atom is 0.263 e. The summed E-state index contributed by atoms with van der Waals surface area (Å²) < 4.78 is 12.3. The summed E-state index contributed by atoms with van der Waals surface area (Å²) in [5.74, 6) is 0.453. The Morgan fingerprint density at radius 1 is 1.30 bits per heavy atom. The molecule has 3 rings (SSSR count). The average Bonchev–Trinajstić information content (AvgIpc) is 3.04. The first-order valence-corrected chi connectivity index (χ1v) is 11.3. The number of hydrogen-bond donors (Lipinski definition) is 2. The topological polar surface area (TPSA) is 76.7 Å². The van der Waals surface area contributed by atoms with Crippen LogP contribution in [0.1, 0.15) is 18.1 Å². The van der Waals surface area contributed by atoms with E-state index in [0.29, 0.717) is 20.7 Å². The lowest BCUT2D eigenvalue weighted by molar-refractivity contribution is -0.118. The Balaban J connectivity index is 1.69. The Labute approximate surface area is 197 Å².